The monoisotopic (exact) mass is 390 g/mol. The van der Waals surface area contributed by atoms with Gasteiger partial charge in [0.15, 0.2) is 0 Å². The van der Waals surface area contributed by atoms with Gasteiger partial charge in [-0.05, 0) is 38.0 Å². The SMILES string of the molecule is Cc1ccc(-c2noc(C)c2CN2C=CC(c3cnn(CC(C)C)c3)=CN2)cn1. The molecule has 29 heavy (non-hydrogen) atoms. The molecule has 1 aliphatic heterocycles. The van der Waals surface area contributed by atoms with Crippen LogP contribution < -0.4 is 5.43 Å². The minimum absolute atomic E-state index is 0.567. The van der Waals surface area contributed by atoms with Crippen LogP contribution in [-0.4, -0.2) is 24.9 Å². The van der Waals surface area contributed by atoms with E-state index in [1.165, 1.54) is 0 Å². The normalized spacial score (nSPS) is 13.7. The van der Waals surface area contributed by atoms with E-state index in [-0.39, 0.29) is 0 Å². The van der Waals surface area contributed by atoms with E-state index in [1.54, 1.807) is 0 Å². The molecule has 1 aliphatic rings. The maximum absolute atomic E-state index is 5.46. The van der Waals surface area contributed by atoms with Gasteiger partial charge in [-0.2, -0.15) is 5.10 Å². The fraction of sp³-hybridized carbons (Fsp3) is 0.318. The Balaban J connectivity index is 1.46. The minimum atomic E-state index is 0.567. The number of nitrogens with one attached hydrogen (secondary N) is 1. The van der Waals surface area contributed by atoms with Crippen LogP contribution in [0.2, 0.25) is 0 Å². The highest BCUT2D eigenvalue weighted by molar-refractivity contribution is 5.73. The maximum atomic E-state index is 5.46. The van der Waals surface area contributed by atoms with E-state index in [0.717, 1.165) is 46.0 Å². The molecule has 7 nitrogen and oxygen atoms in total. The first-order chi connectivity index (χ1) is 14.0. The van der Waals surface area contributed by atoms with Crippen LogP contribution >= 0.6 is 0 Å². The van der Waals surface area contributed by atoms with Gasteiger partial charge in [-0.1, -0.05) is 19.0 Å². The summed E-state index contributed by atoms with van der Waals surface area (Å²) in [5.41, 5.74) is 9.33. The van der Waals surface area contributed by atoms with Gasteiger partial charge in [0.1, 0.15) is 11.5 Å². The Morgan fingerprint density at radius 1 is 1.14 bits per heavy atom. The lowest BCUT2D eigenvalue weighted by Gasteiger charge is -2.24. The molecule has 4 heterocycles. The van der Waals surface area contributed by atoms with E-state index in [0.29, 0.717) is 12.5 Å². The fourth-order valence-electron chi connectivity index (χ4n) is 3.26. The highest BCUT2D eigenvalue weighted by atomic mass is 16.5. The van der Waals surface area contributed by atoms with Crippen LogP contribution in [0.3, 0.4) is 0 Å². The second-order valence-electron chi connectivity index (χ2n) is 7.77. The highest BCUT2D eigenvalue weighted by Crippen LogP contribution is 2.27. The van der Waals surface area contributed by atoms with Crippen molar-refractivity contribution < 1.29 is 4.52 Å². The number of pyridine rings is 1. The average Bonchev–Trinajstić information content (AvgIpc) is 3.30. The number of allylic oxidation sites excluding steroid dienone is 2. The molecular formula is C22H26N6O. The average molecular weight is 390 g/mol. The van der Waals surface area contributed by atoms with Crippen molar-refractivity contribution in [3.05, 3.63) is 71.8 Å². The van der Waals surface area contributed by atoms with Crippen LogP contribution in [0.15, 0.2) is 53.7 Å². The van der Waals surface area contributed by atoms with Crippen molar-refractivity contribution in [3.63, 3.8) is 0 Å². The van der Waals surface area contributed by atoms with Crippen molar-refractivity contribution >= 4 is 5.57 Å². The summed E-state index contributed by atoms with van der Waals surface area (Å²) in [5.74, 6) is 1.37. The lowest BCUT2D eigenvalue weighted by molar-refractivity contribution is 0.302. The standard InChI is InChI=1S/C22H26N6O/c1-15(2)12-28-13-20(11-25-28)18-7-8-27(24-10-18)14-21-17(4)29-26-22(21)19-6-5-16(3)23-9-19/h5-11,13,15,24H,12,14H2,1-4H3. The Labute approximate surface area is 170 Å². The predicted molar refractivity (Wildman–Crippen MR) is 112 cm³/mol. The summed E-state index contributed by atoms with van der Waals surface area (Å²) in [7, 11) is 0. The molecule has 0 aliphatic carbocycles. The zero-order chi connectivity index (χ0) is 20.4. The van der Waals surface area contributed by atoms with Gasteiger partial charge >= 0.3 is 0 Å². The summed E-state index contributed by atoms with van der Waals surface area (Å²) in [6.45, 7) is 9.83. The fourth-order valence-corrected chi connectivity index (χ4v) is 3.26. The van der Waals surface area contributed by atoms with Gasteiger partial charge in [-0.15, -0.1) is 0 Å². The molecule has 0 amide bonds. The van der Waals surface area contributed by atoms with Gasteiger partial charge in [-0.3, -0.25) is 14.7 Å². The molecule has 0 unspecified atom stereocenters. The summed E-state index contributed by atoms with van der Waals surface area (Å²) in [4.78, 5) is 4.37. The van der Waals surface area contributed by atoms with Gasteiger partial charge in [-0.25, -0.2) is 0 Å². The Bertz CT molecular complexity index is 1040. The lowest BCUT2D eigenvalue weighted by Crippen LogP contribution is -2.30. The van der Waals surface area contributed by atoms with Crippen LogP contribution in [0.1, 0.15) is 36.4 Å². The molecule has 0 fully saturated rings. The first kappa shape index (κ1) is 19.0. The smallest absolute Gasteiger partial charge is 0.139 e. The maximum Gasteiger partial charge on any atom is 0.139 e. The molecule has 7 heteroatoms. The molecule has 0 spiro atoms. The van der Waals surface area contributed by atoms with E-state index in [4.69, 9.17) is 4.52 Å². The zero-order valence-corrected chi connectivity index (χ0v) is 17.3. The Hall–Kier alpha value is -3.35. The Morgan fingerprint density at radius 3 is 2.69 bits per heavy atom. The molecule has 0 aromatic carbocycles. The number of aromatic nitrogens is 4. The van der Waals surface area contributed by atoms with Crippen LogP contribution in [-0.2, 0) is 13.1 Å². The Morgan fingerprint density at radius 2 is 2.00 bits per heavy atom. The zero-order valence-electron chi connectivity index (χ0n) is 17.3. The summed E-state index contributed by atoms with van der Waals surface area (Å²) in [6, 6.07) is 4.01. The molecule has 150 valence electrons. The van der Waals surface area contributed by atoms with Crippen molar-refractivity contribution in [2.75, 3.05) is 0 Å². The summed E-state index contributed by atoms with van der Waals surface area (Å²) in [6.07, 6.45) is 11.9. The molecule has 0 radical (unpaired) electrons. The third kappa shape index (κ3) is 4.23. The van der Waals surface area contributed by atoms with E-state index >= 15 is 0 Å². The molecule has 4 rings (SSSR count). The largest absolute Gasteiger partial charge is 0.361 e. The van der Waals surface area contributed by atoms with Crippen molar-refractivity contribution in [1.82, 2.24) is 30.4 Å². The molecule has 0 saturated heterocycles. The van der Waals surface area contributed by atoms with Crippen molar-refractivity contribution in [2.24, 2.45) is 5.92 Å². The lowest BCUT2D eigenvalue weighted by atomic mass is 10.1. The molecule has 0 bridgehead atoms. The quantitative estimate of drug-likeness (QED) is 0.684. The first-order valence-corrected chi connectivity index (χ1v) is 9.82. The topological polar surface area (TPSA) is 72.0 Å². The number of nitrogens with zero attached hydrogens (tertiary/aromatic N) is 5. The summed E-state index contributed by atoms with van der Waals surface area (Å²) in [5, 5.41) is 10.7. The molecular weight excluding hydrogens is 364 g/mol. The van der Waals surface area contributed by atoms with Crippen LogP contribution in [0.5, 0.6) is 0 Å². The number of hydrazine groups is 1. The summed E-state index contributed by atoms with van der Waals surface area (Å²) >= 11 is 0. The molecule has 1 N–H and O–H groups in total. The van der Waals surface area contributed by atoms with Crippen LogP contribution in [0.4, 0.5) is 0 Å². The highest BCUT2D eigenvalue weighted by Gasteiger charge is 2.18. The number of hydrogen-bond acceptors (Lipinski definition) is 6. The third-order valence-electron chi connectivity index (χ3n) is 4.84. The van der Waals surface area contributed by atoms with E-state index < -0.39 is 0 Å². The predicted octanol–water partition coefficient (Wildman–Crippen LogP) is 4.08. The molecule has 0 atom stereocenters. The molecule has 3 aromatic rings. The van der Waals surface area contributed by atoms with Crippen molar-refractivity contribution in [2.45, 2.75) is 40.8 Å². The van der Waals surface area contributed by atoms with Gasteiger partial charge in [0.2, 0.25) is 0 Å². The van der Waals surface area contributed by atoms with Gasteiger partial charge < -0.3 is 9.95 Å². The first-order valence-electron chi connectivity index (χ1n) is 9.82. The van der Waals surface area contributed by atoms with Crippen molar-refractivity contribution in [3.8, 4) is 11.3 Å². The third-order valence-corrected chi connectivity index (χ3v) is 4.84. The second-order valence-corrected chi connectivity index (χ2v) is 7.77. The number of hydrogen-bond donors (Lipinski definition) is 1. The number of aryl methyl sites for hydroxylation is 2. The number of rotatable bonds is 6. The molecule has 3 aromatic heterocycles. The van der Waals surface area contributed by atoms with E-state index in [2.05, 4.69) is 46.8 Å². The van der Waals surface area contributed by atoms with Gasteiger partial charge in [0, 0.05) is 59.3 Å². The van der Waals surface area contributed by atoms with Gasteiger partial charge in [0.25, 0.3) is 0 Å². The minimum Gasteiger partial charge on any atom is -0.361 e. The van der Waals surface area contributed by atoms with Crippen LogP contribution in [0, 0.1) is 19.8 Å². The van der Waals surface area contributed by atoms with E-state index in [9.17, 15) is 0 Å². The Kier molecular flexibility index (Phi) is 5.20. The van der Waals surface area contributed by atoms with Crippen molar-refractivity contribution in [1.29, 1.82) is 0 Å². The van der Waals surface area contributed by atoms with E-state index in [1.807, 2.05) is 60.5 Å². The second kappa shape index (κ2) is 7.95. The molecule has 0 saturated carbocycles. The van der Waals surface area contributed by atoms with Gasteiger partial charge in [0.05, 0.1) is 12.7 Å². The summed E-state index contributed by atoms with van der Waals surface area (Å²) < 4.78 is 7.45. The van der Waals surface area contributed by atoms with Crippen LogP contribution in [0.25, 0.3) is 16.8 Å².